The second kappa shape index (κ2) is 4.96. The molecule has 0 aliphatic heterocycles. The third-order valence-electron chi connectivity index (χ3n) is 4.40. The lowest BCUT2D eigenvalue weighted by Crippen LogP contribution is -2.25. The van der Waals surface area contributed by atoms with E-state index in [1.54, 1.807) is 5.57 Å². The molecule has 0 amide bonds. The van der Waals surface area contributed by atoms with Gasteiger partial charge >= 0.3 is 0 Å². The summed E-state index contributed by atoms with van der Waals surface area (Å²) in [5.74, 6) is 1.08. The monoisotopic (exact) mass is 236 g/mol. The Hall–Kier alpha value is -0.590. The maximum absolute atomic E-state index is 12.6. The average Bonchev–Trinajstić information content (AvgIpc) is 2.28. The van der Waals surface area contributed by atoms with E-state index in [-0.39, 0.29) is 12.6 Å². The molecule has 0 spiro atoms. The summed E-state index contributed by atoms with van der Waals surface area (Å²) in [5.41, 5.74) is 3.37. The minimum absolute atomic E-state index is 0.150. The van der Waals surface area contributed by atoms with E-state index in [0.717, 1.165) is 25.2 Å². The first-order valence-corrected chi connectivity index (χ1v) is 6.99. The van der Waals surface area contributed by atoms with Gasteiger partial charge in [0.15, 0.2) is 0 Å². The molecule has 0 saturated carbocycles. The van der Waals surface area contributed by atoms with Crippen LogP contribution in [0.15, 0.2) is 23.3 Å². The van der Waals surface area contributed by atoms with Gasteiger partial charge in [-0.3, -0.25) is 4.39 Å². The van der Waals surface area contributed by atoms with Crippen molar-refractivity contribution >= 4 is 0 Å². The van der Waals surface area contributed by atoms with Crippen molar-refractivity contribution in [3.63, 3.8) is 0 Å². The lowest BCUT2D eigenvalue weighted by molar-refractivity contribution is 0.302. The summed E-state index contributed by atoms with van der Waals surface area (Å²) in [7, 11) is 0. The van der Waals surface area contributed by atoms with Crippen LogP contribution in [0.2, 0.25) is 0 Å². The molecule has 2 rings (SSSR count). The molecular weight excluding hydrogens is 211 g/mol. The van der Waals surface area contributed by atoms with Gasteiger partial charge in [-0.2, -0.15) is 0 Å². The van der Waals surface area contributed by atoms with Gasteiger partial charge in [0, 0.05) is 0 Å². The molecule has 0 aromatic rings. The SMILES string of the molecule is CC1CC=C(C2=CCC(CF)CC2)C(C)(C)C1. The molecule has 0 nitrogen and oxygen atoms in total. The van der Waals surface area contributed by atoms with Gasteiger partial charge in [-0.1, -0.05) is 32.9 Å². The van der Waals surface area contributed by atoms with Gasteiger partial charge in [0.2, 0.25) is 0 Å². The van der Waals surface area contributed by atoms with E-state index < -0.39 is 0 Å². The van der Waals surface area contributed by atoms with Gasteiger partial charge in [0.25, 0.3) is 0 Å². The minimum atomic E-state index is -0.150. The van der Waals surface area contributed by atoms with Crippen molar-refractivity contribution in [1.82, 2.24) is 0 Å². The summed E-state index contributed by atoms with van der Waals surface area (Å²) in [6.45, 7) is 6.90. The molecule has 2 aliphatic carbocycles. The summed E-state index contributed by atoms with van der Waals surface area (Å²) >= 11 is 0. The van der Waals surface area contributed by atoms with Crippen molar-refractivity contribution in [1.29, 1.82) is 0 Å². The summed E-state index contributed by atoms with van der Waals surface area (Å²) in [6.07, 6.45) is 10.3. The molecule has 1 heteroatoms. The van der Waals surface area contributed by atoms with Crippen molar-refractivity contribution in [2.75, 3.05) is 6.67 Å². The molecule has 0 heterocycles. The van der Waals surface area contributed by atoms with E-state index in [4.69, 9.17) is 0 Å². The Morgan fingerprint density at radius 2 is 2.06 bits per heavy atom. The van der Waals surface area contributed by atoms with Gasteiger partial charge in [0.1, 0.15) is 0 Å². The quantitative estimate of drug-likeness (QED) is 0.628. The van der Waals surface area contributed by atoms with Crippen LogP contribution in [0.1, 0.15) is 52.9 Å². The van der Waals surface area contributed by atoms with Crippen LogP contribution in [0, 0.1) is 17.3 Å². The van der Waals surface area contributed by atoms with Gasteiger partial charge < -0.3 is 0 Å². The number of rotatable bonds is 2. The lowest BCUT2D eigenvalue weighted by atomic mass is 9.67. The third-order valence-corrected chi connectivity index (χ3v) is 4.40. The number of allylic oxidation sites excluding steroid dienone is 4. The molecule has 0 saturated heterocycles. The summed E-state index contributed by atoms with van der Waals surface area (Å²) in [6, 6.07) is 0. The fraction of sp³-hybridized carbons (Fsp3) is 0.750. The molecule has 0 aromatic carbocycles. The standard InChI is InChI=1S/C16H25F/c1-12-4-9-15(16(2,3)10-12)14-7-5-13(11-17)6-8-14/h7,9,12-13H,4-6,8,10-11H2,1-3H3. The third kappa shape index (κ3) is 2.81. The Bertz CT molecular complexity index is 335. The predicted molar refractivity (Wildman–Crippen MR) is 71.7 cm³/mol. The topological polar surface area (TPSA) is 0 Å². The van der Waals surface area contributed by atoms with Gasteiger partial charge in [0.05, 0.1) is 6.67 Å². The van der Waals surface area contributed by atoms with Crippen molar-refractivity contribution in [2.24, 2.45) is 17.3 Å². The van der Waals surface area contributed by atoms with Crippen LogP contribution in [-0.2, 0) is 0 Å². The highest BCUT2D eigenvalue weighted by Gasteiger charge is 2.31. The van der Waals surface area contributed by atoms with Crippen LogP contribution in [0.4, 0.5) is 4.39 Å². The fourth-order valence-electron chi connectivity index (χ4n) is 3.50. The first-order chi connectivity index (χ1) is 8.03. The van der Waals surface area contributed by atoms with Crippen molar-refractivity contribution < 1.29 is 4.39 Å². The van der Waals surface area contributed by atoms with E-state index in [2.05, 4.69) is 32.9 Å². The van der Waals surface area contributed by atoms with E-state index in [0.29, 0.717) is 5.41 Å². The molecular formula is C16H25F. The summed E-state index contributed by atoms with van der Waals surface area (Å²) in [4.78, 5) is 0. The molecule has 0 bridgehead atoms. The van der Waals surface area contributed by atoms with Crippen molar-refractivity contribution in [3.8, 4) is 0 Å². The average molecular weight is 236 g/mol. The molecule has 2 unspecified atom stereocenters. The number of hydrogen-bond acceptors (Lipinski definition) is 0. The zero-order valence-electron chi connectivity index (χ0n) is 11.4. The second-order valence-corrected chi connectivity index (χ2v) is 6.57. The van der Waals surface area contributed by atoms with Crippen molar-refractivity contribution in [3.05, 3.63) is 23.3 Å². The molecule has 2 aliphatic rings. The van der Waals surface area contributed by atoms with Gasteiger partial charge in [-0.05, 0) is 60.5 Å². The maximum Gasteiger partial charge on any atom is 0.0925 e. The molecule has 96 valence electrons. The summed E-state index contributed by atoms with van der Waals surface area (Å²) < 4.78 is 12.6. The number of halogens is 1. The van der Waals surface area contributed by atoms with Crippen LogP contribution in [0.3, 0.4) is 0 Å². The Labute approximate surface area is 105 Å². The highest BCUT2D eigenvalue weighted by Crippen LogP contribution is 2.45. The Balaban J connectivity index is 2.15. The lowest BCUT2D eigenvalue weighted by Gasteiger charge is -2.37. The van der Waals surface area contributed by atoms with Crippen LogP contribution >= 0.6 is 0 Å². The van der Waals surface area contributed by atoms with Crippen LogP contribution in [0.5, 0.6) is 0 Å². The zero-order chi connectivity index (χ0) is 12.5. The van der Waals surface area contributed by atoms with E-state index in [1.807, 2.05) is 0 Å². The first kappa shape index (κ1) is 12.9. The largest absolute Gasteiger partial charge is 0.251 e. The molecule has 17 heavy (non-hydrogen) atoms. The smallest absolute Gasteiger partial charge is 0.0925 e. The first-order valence-electron chi connectivity index (χ1n) is 6.99. The Kier molecular flexibility index (Phi) is 3.75. The van der Waals surface area contributed by atoms with Gasteiger partial charge in [-0.15, -0.1) is 0 Å². The highest BCUT2D eigenvalue weighted by atomic mass is 19.1. The zero-order valence-corrected chi connectivity index (χ0v) is 11.4. The summed E-state index contributed by atoms with van der Waals surface area (Å²) in [5, 5.41) is 0. The number of alkyl halides is 1. The molecule has 0 radical (unpaired) electrons. The Morgan fingerprint density at radius 1 is 1.29 bits per heavy atom. The highest BCUT2D eigenvalue weighted by molar-refractivity contribution is 5.38. The van der Waals surface area contributed by atoms with Crippen LogP contribution in [-0.4, -0.2) is 6.67 Å². The Morgan fingerprint density at radius 3 is 2.59 bits per heavy atom. The maximum atomic E-state index is 12.6. The van der Waals surface area contributed by atoms with Gasteiger partial charge in [-0.25, -0.2) is 0 Å². The fourth-order valence-corrected chi connectivity index (χ4v) is 3.50. The van der Waals surface area contributed by atoms with E-state index in [9.17, 15) is 4.39 Å². The molecule has 0 aromatic heterocycles. The predicted octanol–water partition coefficient (Wildman–Crippen LogP) is 5.06. The molecule has 2 atom stereocenters. The minimum Gasteiger partial charge on any atom is -0.251 e. The second-order valence-electron chi connectivity index (χ2n) is 6.57. The molecule has 0 fully saturated rings. The van der Waals surface area contributed by atoms with Crippen LogP contribution < -0.4 is 0 Å². The van der Waals surface area contributed by atoms with E-state index >= 15 is 0 Å². The normalized spacial score (nSPS) is 32.9. The molecule has 0 N–H and O–H groups in total. The van der Waals surface area contributed by atoms with Crippen LogP contribution in [0.25, 0.3) is 0 Å². The number of hydrogen-bond donors (Lipinski definition) is 0. The van der Waals surface area contributed by atoms with Crippen molar-refractivity contribution in [2.45, 2.75) is 52.9 Å². The van der Waals surface area contributed by atoms with E-state index in [1.165, 1.54) is 18.4 Å².